The standard InChI is InChI=1S/C22H22N2O3S/c1-16-6-10-18(11-7-16)15-23-22(25)19-4-3-5-21(14-19)28(26,27)24-20-12-8-17(2)9-13-20/h3-14,24H,15H2,1-2H3,(H,23,25). The van der Waals surface area contributed by atoms with E-state index in [2.05, 4.69) is 10.0 Å². The number of benzene rings is 3. The van der Waals surface area contributed by atoms with Gasteiger partial charge in [0.05, 0.1) is 4.90 Å². The van der Waals surface area contributed by atoms with Crippen LogP contribution in [-0.2, 0) is 16.6 Å². The van der Waals surface area contributed by atoms with Crippen LogP contribution in [0.5, 0.6) is 0 Å². The molecule has 1 amide bonds. The average Bonchev–Trinajstić information content (AvgIpc) is 2.69. The molecule has 3 aromatic carbocycles. The molecule has 6 heteroatoms. The first-order valence-corrected chi connectivity index (χ1v) is 10.4. The molecule has 2 N–H and O–H groups in total. The molecule has 0 aromatic heterocycles. The molecule has 0 saturated carbocycles. The maximum atomic E-state index is 12.6. The Labute approximate surface area is 165 Å². The van der Waals surface area contributed by atoms with Crippen LogP contribution in [0.1, 0.15) is 27.0 Å². The minimum atomic E-state index is -3.78. The van der Waals surface area contributed by atoms with Crippen molar-refractivity contribution in [1.29, 1.82) is 0 Å². The minimum absolute atomic E-state index is 0.0380. The van der Waals surface area contributed by atoms with Crippen molar-refractivity contribution in [2.45, 2.75) is 25.3 Å². The number of hydrogen-bond donors (Lipinski definition) is 2. The van der Waals surface area contributed by atoms with Gasteiger partial charge in [0.25, 0.3) is 15.9 Å². The van der Waals surface area contributed by atoms with E-state index in [1.54, 1.807) is 24.3 Å². The summed E-state index contributed by atoms with van der Waals surface area (Å²) in [6.07, 6.45) is 0. The molecule has 3 rings (SSSR count). The molecular formula is C22H22N2O3S. The number of nitrogens with one attached hydrogen (secondary N) is 2. The highest BCUT2D eigenvalue weighted by Crippen LogP contribution is 2.18. The van der Waals surface area contributed by atoms with E-state index < -0.39 is 10.0 Å². The summed E-state index contributed by atoms with van der Waals surface area (Å²) in [5, 5.41) is 2.82. The van der Waals surface area contributed by atoms with E-state index in [4.69, 9.17) is 0 Å². The maximum absolute atomic E-state index is 12.6. The monoisotopic (exact) mass is 394 g/mol. The van der Waals surface area contributed by atoms with Crippen molar-refractivity contribution in [2.75, 3.05) is 4.72 Å². The SMILES string of the molecule is Cc1ccc(CNC(=O)c2cccc(S(=O)(=O)Nc3ccc(C)cc3)c2)cc1. The number of sulfonamides is 1. The highest BCUT2D eigenvalue weighted by atomic mass is 32.2. The zero-order valence-corrected chi connectivity index (χ0v) is 16.6. The number of rotatable bonds is 6. The molecule has 0 spiro atoms. The summed E-state index contributed by atoms with van der Waals surface area (Å²) >= 11 is 0. The molecule has 0 atom stereocenters. The smallest absolute Gasteiger partial charge is 0.261 e. The van der Waals surface area contributed by atoms with Crippen LogP contribution in [-0.4, -0.2) is 14.3 Å². The molecule has 28 heavy (non-hydrogen) atoms. The Morgan fingerprint density at radius 2 is 1.46 bits per heavy atom. The summed E-state index contributed by atoms with van der Waals surface area (Å²) in [6, 6.07) is 20.9. The van der Waals surface area contributed by atoms with E-state index in [1.807, 2.05) is 50.2 Å². The van der Waals surface area contributed by atoms with E-state index >= 15 is 0 Å². The van der Waals surface area contributed by atoms with Gasteiger partial charge in [0.1, 0.15) is 0 Å². The number of carbonyl (C=O) groups excluding carboxylic acids is 1. The third kappa shape index (κ3) is 4.98. The molecule has 0 bridgehead atoms. The lowest BCUT2D eigenvalue weighted by Crippen LogP contribution is -2.23. The van der Waals surface area contributed by atoms with Gasteiger partial charge in [0.2, 0.25) is 0 Å². The third-order valence-corrected chi connectivity index (χ3v) is 5.66. The molecule has 0 unspecified atom stereocenters. The van der Waals surface area contributed by atoms with E-state index in [-0.39, 0.29) is 10.8 Å². The Balaban J connectivity index is 1.72. The van der Waals surface area contributed by atoms with Crippen molar-refractivity contribution in [3.8, 4) is 0 Å². The molecule has 5 nitrogen and oxygen atoms in total. The fourth-order valence-electron chi connectivity index (χ4n) is 2.63. The second-order valence-corrected chi connectivity index (χ2v) is 8.35. The van der Waals surface area contributed by atoms with E-state index in [9.17, 15) is 13.2 Å². The summed E-state index contributed by atoms with van der Waals surface area (Å²) in [6.45, 7) is 4.30. The predicted octanol–water partition coefficient (Wildman–Crippen LogP) is 4.03. The highest BCUT2D eigenvalue weighted by molar-refractivity contribution is 7.92. The van der Waals surface area contributed by atoms with Crippen LogP contribution in [0.25, 0.3) is 0 Å². The lowest BCUT2D eigenvalue weighted by Gasteiger charge is -2.10. The first-order chi connectivity index (χ1) is 13.3. The van der Waals surface area contributed by atoms with Crippen LogP contribution >= 0.6 is 0 Å². The Hall–Kier alpha value is -3.12. The van der Waals surface area contributed by atoms with E-state index in [0.717, 1.165) is 16.7 Å². The van der Waals surface area contributed by atoms with Crippen LogP contribution in [0.2, 0.25) is 0 Å². The van der Waals surface area contributed by atoms with Crippen molar-refractivity contribution >= 4 is 21.6 Å². The molecular weight excluding hydrogens is 372 g/mol. The Morgan fingerprint density at radius 3 is 2.11 bits per heavy atom. The van der Waals surface area contributed by atoms with Gasteiger partial charge in [0, 0.05) is 17.8 Å². The lowest BCUT2D eigenvalue weighted by atomic mass is 10.1. The highest BCUT2D eigenvalue weighted by Gasteiger charge is 2.16. The van der Waals surface area contributed by atoms with Gasteiger partial charge >= 0.3 is 0 Å². The van der Waals surface area contributed by atoms with Crippen LogP contribution < -0.4 is 10.0 Å². The predicted molar refractivity (Wildman–Crippen MR) is 111 cm³/mol. The molecule has 0 aliphatic carbocycles. The molecule has 0 heterocycles. The van der Waals surface area contributed by atoms with Gasteiger partial charge in [-0.05, 0) is 49.7 Å². The van der Waals surface area contributed by atoms with E-state index in [1.165, 1.54) is 12.1 Å². The summed E-state index contributed by atoms with van der Waals surface area (Å²) in [4.78, 5) is 12.5. The summed E-state index contributed by atoms with van der Waals surface area (Å²) < 4.78 is 27.8. The van der Waals surface area contributed by atoms with Crippen molar-refractivity contribution in [3.05, 3.63) is 95.1 Å². The topological polar surface area (TPSA) is 75.3 Å². The van der Waals surface area contributed by atoms with Crippen molar-refractivity contribution in [3.63, 3.8) is 0 Å². The normalized spacial score (nSPS) is 11.1. The van der Waals surface area contributed by atoms with Gasteiger partial charge in [0.15, 0.2) is 0 Å². The molecule has 0 aliphatic rings. The van der Waals surface area contributed by atoms with Crippen molar-refractivity contribution < 1.29 is 13.2 Å². The minimum Gasteiger partial charge on any atom is -0.348 e. The van der Waals surface area contributed by atoms with Crippen LogP contribution in [0.3, 0.4) is 0 Å². The number of hydrogen-bond acceptors (Lipinski definition) is 3. The lowest BCUT2D eigenvalue weighted by molar-refractivity contribution is 0.0950. The Bertz CT molecular complexity index is 1070. The van der Waals surface area contributed by atoms with Crippen LogP contribution in [0, 0.1) is 13.8 Å². The quantitative estimate of drug-likeness (QED) is 0.663. The molecule has 0 saturated heterocycles. The molecule has 3 aromatic rings. The largest absolute Gasteiger partial charge is 0.348 e. The summed E-state index contributed by atoms with van der Waals surface area (Å²) in [5.41, 5.74) is 3.92. The summed E-state index contributed by atoms with van der Waals surface area (Å²) in [5.74, 6) is -0.326. The van der Waals surface area contributed by atoms with Gasteiger partial charge in [-0.1, -0.05) is 53.6 Å². The summed E-state index contributed by atoms with van der Waals surface area (Å²) in [7, 11) is -3.78. The van der Waals surface area contributed by atoms with Crippen molar-refractivity contribution in [2.24, 2.45) is 0 Å². The van der Waals surface area contributed by atoms with Gasteiger partial charge in [-0.2, -0.15) is 0 Å². The van der Waals surface area contributed by atoms with Gasteiger partial charge < -0.3 is 5.32 Å². The zero-order chi connectivity index (χ0) is 20.1. The maximum Gasteiger partial charge on any atom is 0.261 e. The Kier molecular flexibility index (Phi) is 5.80. The van der Waals surface area contributed by atoms with Gasteiger partial charge in [-0.3, -0.25) is 9.52 Å². The second kappa shape index (κ2) is 8.27. The first-order valence-electron chi connectivity index (χ1n) is 8.87. The fourth-order valence-corrected chi connectivity index (χ4v) is 3.73. The molecule has 144 valence electrons. The number of anilines is 1. The fraction of sp³-hybridized carbons (Fsp3) is 0.136. The van der Waals surface area contributed by atoms with E-state index in [0.29, 0.717) is 17.8 Å². The second-order valence-electron chi connectivity index (χ2n) is 6.67. The van der Waals surface area contributed by atoms with Gasteiger partial charge in [-0.25, -0.2) is 8.42 Å². The van der Waals surface area contributed by atoms with Crippen molar-refractivity contribution in [1.82, 2.24) is 5.32 Å². The number of carbonyl (C=O) groups is 1. The molecule has 0 aliphatic heterocycles. The Morgan fingerprint density at radius 1 is 0.857 bits per heavy atom. The average molecular weight is 394 g/mol. The van der Waals surface area contributed by atoms with Gasteiger partial charge in [-0.15, -0.1) is 0 Å². The van der Waals surface area contributed by atoms with Crippen LogP contribution in [0.15, 0.2) is 77.7 Å². The van der Waals surface area contributed by atoms with Crippen LogP contribution in [0.4, 0.5) is 5.69 Å². The molecule has 0 radical (unpaired) electrons. The zero-order valence-electron chi connectivity index (χ0n) is 15.8. The molecule has 0 fully saturated rings. The third-order valence-electron chi connectivity index (χ3n) is 4.28. The first kappa shape index (κ1) is 19.6. The number of aryl methyl sites for hydroxylation is 2. The number of amides is 1.